The van der Waals surface area contributed by atoms with Gasteiger partial charge in [-0.15, -0.1) is 0 Å². The van der Waals surface area contributed by atoms with Crippen molar-refractivity contribution in [3.63, 3.8) is 0 Å². The van der Waals surface area contributed by atoms with E-state index in [1.54, 1.807) is 6.07 Å². The SMILES string of the molecule is Cc1coc(Sc2ccc(F)cc2C(=N)N)n1. The van der Waals surface area contributed by atoms with Crippen LogP contribution in [0, 0.1) is 18.2 Å². The Kier molecular flexibility index (Phi) is 3.14. The third kappa shape index (κ3) is 2.65. The van der Waals surface area contributed by atoms with E-state index < -0.39 is 5.82 Å². The van der Waals surface area contributed by atoms with Crippen LogP contribution in [-0.4, -0.2) is 10.8 Å². The highest BCUT2D eigenvalue weighted by Gasteiger charge is 2.11. The molecule has 1 heterocycles. The van der Waals surface area contributed by atoms with Gasteiger partial charge >= 0.3 is 0 Å². The third-order valence-corrected chi connectivity index (χ3v) is 2.97. The van der Waals surface area contributed by atoms with Crippen molar-refractivity contribution < 1.29 is 8.81 Å². The van der Waals surface area contributed by atoms with Crippen molar-refractivity contribution in [2.45, 2.75) is 17.0 Å². The third-order valence-electron chi connectivity index (χ3n) is 2.03. The summed E-state index contributed by atoms with van der Waals surface area (Å²) in [6, 6.07) is 4.08. The molecule has 0 saturated carbocycles. The normalized spacial score (nSPS) is 10.5. The van der Waals surface area contributed by atoms with Crippen LogP contribution in [0.1, 0.15) is 11.3 Å². The molecule has 2 aromatic rings. The second-order valence-electron chi connectivity index (χ2n) is 3.41. The van der Waals surface area contributed by atoms with Gasteiger partial charge in [-0.2, -0.15) is 0 Å². The number of nitrogens with zero attached hydrogens (tertiary/aromatic N) is 1. The molecule has 88 valence electrons. The molecule has 17 heavy (non-hydrogen) atoms. The lowest BCUT2D eigenvalue weighted by Crippen LogP contribution is -2.12. The van der Waals surface area contributed by atoms with Gasteiger partial charge in [0.15, 0.2) is 0 Å². The second kappa shape index (κ2) is 4.58. The molecule has 0 aliphatic carbocycles. The van der Waals surface area contributed by atoms with Gasteiger partial charge in [-0.3, -0.25) is 5.41 Å². The maximum atomic E-state index is 13.0. The number of oxazole rings is 1. The van der Waals surface area contributed by atoms with Gasteiger partial charge in [-0.1, -0.05) is 0 Å². The molecule has 0 aliphatic rings. The summed E-state index contributed by atoms with van der Waals surface area (Å²) in [6.07, 6.45) is 1.53. The second-order valence-corrected chi connectivity index (χ2v) is 4.40. The molecular formula is C11H10FN3OS. The first-order valence-corrected chi connectivity index (χ1v) is 5.62. The Labute approximate surface area is 102 Å². The Morgan fingerprint density at radius 1 is 1.53 bits per heavy atom. The summed E-state index contributed by atoms with van der Waals surface area (Å²) in [5.41, 5.74) is 6.50. The monoisotopic (exact) mass is 251 g/mol. The zero-order valence-corrected chi connectivity index (χ0v) is 9.84. The number of rotatable bonds is 3. The van der Waals surface area contributed by atoms with Crippen LogP contribution < -0.4 is 5.73 Å². The molecule has 3 N–H and O–H groups in total. The molecule has 0 atom stereocenters. The Morgan fingerprint density at radius 3 is 2.88 bits per heavy atom. The Bertz CT molecular complexity index is 568. The van der Waals surface area contributed by atoms with E-state index in [-0.39, 0.29) is 5.84 Å². The van der Waals surface area contributed by atoms with Gasteiger partial charge < -0.3 is 10.2 Å². The Morgan fingerprint density at radius 2 is 2.29 bits per heavy atom. The van der Waals surface area contributed by atoms with E-state index in [0.29, 0.717) is 15.7 Å². The molecule has 0 saturated heterocycles. The zero-order valence-electron chi connectivity index (χ0n) is 9.03. The fourth-order valence-electron chi connectivity index (χ4n) is 1.28. The van der Waals surface area contributed by atoms with Crippen LogP contribution in [0.5, 0.6) is 0 Å². The molecule has 1 aromatic heterocycles. The molecule has 2 rings (SSSR count). The van der Waals surface area contributed by atoms with Gasteiger partial charge in [-0.05, 0) is 36.9 Å². The van der Waals surface area contributed by atoms with Crippen LogP contribution in [0.2, 0.25) is 0 Å². The van der Waals surface area contributed by atoms with E-state index in [0.717, 1.165) is 5.69 Å². The van der Waals surface area contributed by atoms with Crippen molar-refractivity contribution in [3.8, 4) is 0 Å². The molecule has 0 fully saturated rings. The first-order valence-electron chi connectivity index (χ1n) is 4.80. The molecule has 0 unspecified atom stereocenters. The Hall–Kier alpha value is -1.82. The van der Waals surface area contributed by atoms with Crippen molar-refractivity contribution in [1.82, 2.24) is 4.98 Å². The number of aromatic nitrogens is 1. The number of nitrogen functional groups attached to an aromatic ring is 1. The van der Waals surface area contributed by atoms with Crippen molar-refractivity contribution in [2.75, 3.05) is 0 Å². The predicted molar refractivity (Wildman–Crippen MR) is 62.8 cm³/mol. The van der Waals surface area contributed by atoms with Gasteiger partial charge in [0.25, 0.3) is 5.22 Å². The number of benzene rings is 1. The fraction of sp³-hybridized carbons (Fsp3) is 0.0909. The van der Waals surface area contributed by atoms with Gasteiger partial charge in [0, 0.05) is 10.5 Å². The van der Waals surface area contributed by atoms with Crippen LogP contribution in [-0.2, 0) is 0 Å². The van der Waals surface area contributed by atoms with E-state index in [9.17, 15) is 4.39 Å². The van der Waals surface area contributed by atoms with E-state index >= 15 is 0 Å². The zero-order chi connectivity index (χ0) is 12.4. The van der Waals surface area contributed by atoms with Crippen molar-refractivity contribution in [1.29, 1.82) is 5.41 Å². The lowest BCUT2D eigenvalue weighted by molar-refractivity contribution is 0.454. The maximum Gasteiger partial charge on any atom is 0.260 e. The average molecular weight is 251 g/mol. The smallest absolute Gasteiger partial charge is 0.260 e. The van der Waals surface area contributed by atoms with Crippen molar-refractivity contribution in [3.05, 3.63) is 41.5 Å². The van der Waals surface area contributed by atoms with Gasteiger partial charge in [0.2, 0.25) is 0 Å². The molecular weight excluding hydrogens is 241 g/mol. The first kappa shape index (κ1) is 11.7. The van der Waals surface area contributed by atoms with E-state index in [1.807, 2.05) is 6.92 Å². The topological polar surface area (TPSA) is 75.9 Å². The van der Waals surface area contributed by atoms with Gasteiger partial charge in [0.05, 0.1) is 5.69 Å². The largest absolute Gasteiger partial charge is 0.439 e. The lowest BCUT2D eigenvalue weighted by atomic mass is 10.2. The number of hydrogen-bond donors (Lipinski definition) is 2. The molecule has 0 radical (unpaired) electrons. The minimum absolute atomic E-state index is 0.185. The number of amidine groups is 1. The molecule has 1 aromatic carbocycles. The standard InChI is InChI=1S/C11H10FN3OS/c1-6-5-16-11(15-6)17-9-3-2-7(12)4-8(9)10(13)14/h2-5H,1H3,(H3,13,14). The molecule has 4 nitrogen and oxygen atoms in total. The number of hydrogen-bond acceptors (Lipinski definition) is 4. The van der Waals surface area contributed by atoms with Crippen LogP contribution in [0.25, 0.3) is 0 Å². The van der Waals surface area contributed by atoms with Crippen molar-refractivity contribution in [2.24, 2.45) is 5.73 Å². The minimum atomic E-state index is -0.428. The summed E-state index contributed by atoms with van der Waals surface area (Å²) in [4.78, 5) is 4.76. The Balaban J connectivity index is 2.35. The van der Waals surface area contributed by atoms with Crippen molar-refractivity contribution >= 4 is 17.6 Å². The van der Waals surface area contributed by atoms with Gasteiger partial charge in [0.1, 0.15) is 17.9 Å². The van der Waals surface area contributed by atoms with Crippen LogP contribution in [0.4, 0.5) is 4.39 Å². The van der Waals surface area contributed by atoms with E-state index in [2.05, 4.69) is 4.98 Å². The number of nitrogens with two attached hydrogens (primary N) is 1. The molecule has 0 spiro atoms. The number of halogens is 1. The minimum Gasteiger partial charge on any atom is -0.439 e. The maximum absolute atomic E-state index is 13.0. The summed E-state index contributed by atoms with van der Waals surface area (Å²) in [6.45, 7) is 1.81. The summed E-state index contributed by atoms with van der Waals surface area (Å²) in [5, 5.41) is 7.83. The summed E-state index contributed by atoms with van der Waals surface area (Å²) in [7, 11) is 0. The number of aryl methyl sites for hydroxylation is 1. The van der Waals surface area contributed by atoms with E-state index in [4.69, 9.17) is 15.6 Å². The molecule has 0 aliphatic heterocycles. The average Bonchev–Trinajstić information content (AvgIpc) is 2.66. The quantitative estimate of drug-likeness (QED) is 0.649. The van der Waals surface area contributed by atoms with Gasteiger partial charge in [-0.25, -0.2) is 9.37 Å². The fourth-order valence-corrected chi connectivity index (χ4v) is 2.16. The molecule has 0 bridgehead atoms. The highest BCUT2D eigenvalue weighted by molar-refractivity contribution is 7.99. The first-order chi connectivity index (χ1) is 8.06. The van der Waals surface area contributed by atoms with Crippen LogP contribution in [0.3, 0.4) is 0 Å². The number of nitrogens with one attached hydrogen (secondary N) is 1. The summed E-state index contributed by atoms with van der Waals surface area (Å²) >= 11 is 1.21. The van der Waals surface area contributed by atoms with E-state index in [1.165, 1.54) is 30.2 Å². The predicted octanol–water partition coefficient (Wildman–Crippen LogP) is 2.56. The summed E-state index contributed by atoms with van der Waals surface area (Å²) in [5.74, 6) is -0.613. The van der Waals surface area contributed by atoms with Crippen LogP contribution >= 0.6 is 11.8 Å². The highest BCUT2D eigenvalue weighted by atomic mass is 32.2. The molecule has 0 amide bonds. The highest BCUT2D eigenvalue weighted by Crippen LogP contribution is 2.30. The lowest BCUT2D eigenvalue weighted by Gasteiger charge is -2.05. The summed E-state index contributed by atoms with van der Waals surface area (Å²) < 4.78 is 18.2. The van der Waals surface area contributed by atoms with Crippen LogP contribution in [0.15, 0.2) is 39.0 Å². The molecule has 6 heteroatoms.